The smallest absolute Gasteiger partial charge is 0.317 e. The van der Waals surface area contributed by atoms with E-state index in [0.717, 1.165) is 44.7 Å². The van der Waals surface area contributed by atoms with Crippen molar-refractivity contribution >= 4 is 11.8 Å². The van der Waals surface area contributed by atoms with Crippen LogP contribution in [0.1, 0.15) is 31.7 Å². The number of urea groups is 1. The Labute approximate surface area is 126 Å². The van der Waals surface area contributed by atoms with E-state index in [4.69, 9.17) is 0 Å². The van der Waals surface area contributed by atoms with Crippen molar-refractivity contribution in [2.24, 2.45) is 0 Å². The quantitative estimate of drug-likeness (QED) is 0.922. The van der Waals surface area contributed by atoms with Crippen LogP contribution in [0.3, 0.4) is 0 Å². The predicted octanol–water partition coefficient (Wildman–Crippen LogP) is 2.03. The van der Waals surface area contributed by atoms with Gasteiger partial charge >= 0.3 is 6.03 Å². The molecule has 114 valence electrons. The lowest BCUT2D eigenvalue weighted by molar-refractivity contribution is 0.196. The number of amides is 2. The highest BCUT2D eigenvalue weighted by Gasteiger charge is 2.24. The monoisotopic (exact) mass is 288 g/mol. The van der Waals surface area contributed by atoms with Crippen LogP contribution in [0.15, 0.2) is 18.3 Å². The summed E-state index contributed by atoms with van der Waals surface area (Å²) in [7, 11) is 0. The molecule has 2 aliphatic rings. The summed E-state index contributed by atoms with van der Waals surface area (Å²) in [6.45, 7) is 5.92. The van der Waals surface area contributed by atoms with Crippen LogP contribution >= 0.6 is 0 Å². The Morgan fingerprint density at radius 2 is 2.19 bits per heavy atom. The predicted molar refractivity (Wildman–Crippen MR) is 83.6 cm³/mol. The molecule has 1 atom stereocenters. The molecule has 2 saturated heterocycles. The maximum absolute atomic E-state index is 12.0. The van der Waals surface area contributed by atoms with E-state index in [0.29, 0.717) is 12.6 Å². The molecule has 2 amide bonds. The van der Waals surface area contributed by atoms with E-state index in [1.165, 1.54) is 12.0 Å². The molecule has 1 N–H and O–H groups in total. The first-order valence-electron chi connectivity index (χ1n) is 7.98. The van der Waals surface area contributed by atoms with Gasteiger partial charge < -0.3 is 15.1 Å². The van der Waals surface area contributed by atoms with E-state index in [1.54, 1.807) is 0 Å². The fourth-order valence-electron chi connectivity index (χ4n) is 2.95. The molecule has 3 rings (SSSR count). The van der Waals surface area contributed by atoms with Crippen molar-refractivity contribution < 1.29 is 4.79 Å². The van der Waals surface area contributed by atoms with Gasteiger partial charge in [0.05, 0.1) is 0 Å². The van der Waals surface area contributed by atoms with Gasteiger partial charge in [0.25, 0.3) is 0 Å². The molecule has 1 unspecified atom stereocenters. The van der Waals surface area contributed by atoms with Gasteiger partial charge in [0.15, 0.2) is 0 Å². The minimum Gasteiger partial charge on any atom is -0.356 e. The molecule has 1 aromatic rings. The molecule has 3 heterocycles. The van der Waals surface area contributed by atoms with E-state index in [2.05, 4.69) is 34.3 Å². The molecule has 1 aromatic heterocycles. The van der Waals surface area contributed by atoms with E-state index in [1.807, 2.05) is 11.1 Å². The van der Waals surface area contributed by atoms with E-state index >= 15 is 0 Å². The lowest BCUT2D eigenvalue weighted by Crippen LogP contribution is -2.42. The van der Waals surface area contributed by atoms with Crippen molar-refractivity contribution in [2.45, 2.75) is 38.6 Å². The highest BCUT2D eigenvalue weighted by Crippen LogP contribution is 2.18. The largest absolute Gasteiger partial charge is 0.356 e. The fourth-order valence-corrected chi connectivity index (χ4v) is 2.95. The Bertz CT molecular complexity index is 484. The number of carbonyl (C=O) groups is 1. The highest BCUT2D eigenvalue weighted by atomic mass is 16.2. The molecular formula is C16H24N4O. The summed E-state index contributed by atoms with van der Waals surface area (Å²) in [6, 6.07) is 4.65. The zero-order valence-electron chi connectivity index (χ0n) is 12.7. The molecule has 0 aromatic carbocycles. The third-order valence-electron chi connectivity index (χ3n) is 4.49. The van der Waals surface area contributed by atoms with Gasteiger partial charge in [0.1, 0.15) is 5.82 Å². The van der Waals surface area contributed by atoms with Crippen molar-refractivity contribution in [3.63, 3.8) is 0 Å². The minimum atomic E-state index is 0.0742. The summed E-state index contributed by atoms with van der Waals surface area (Å²) in [6.07, 6.45) is 6.27. The van der Waals surface area contributed by atoms with Gasteiger partial charge in [0.2, 0.25) is 0 Å². The van der Waals surface area contributed by atoms with Gasteiger partial charge in [-0.05, 0) is 44.2 Å². The van der Waals surface area contributed by atoms with E-state index in [-0.39, 0.29) is 6.03 Å². The Morgan fingerprint density at radius 1 is 1.33 bits per heavy atom. The van der Waals surface area contributed by atoms with Crippen LogP contribution in [-0.2, 0) is 6.42 Å². The summed E-state index contributed by atoms with van der Waals surface area (Å²) in [5, 5.41) is 3.01. The van der Waals surface area contributed by atoms with Gasteiger partial charge in [-0.25, -0.2) is 9.78 Å². The number of nitrogens with one attached hydrogen (secondary N) is 1. The first-order chi connectivity index (χ1) is 10.2. The summed E-state index contributed by atoms with van der Waals surface area (Å²) < 4.78 is 0. The second-order valence-corrected chi connectivity index (χ2v) is 6.03. The average molecular weight is 288 g/mol. The number of nitrogens with zero attached hydrogens (tertiary/aromatic N) is 3. The van der Waals surface area contributed by atoms with Crippen molar-refractivity contribution in [2.75, 3.05) is 31.1 Å². The molecule has 5 heteroatoms. The van der Waals surface area contributed by atoms with Gasteiger partial charge in [-0.15, -0.1) is 0 Å². The van der Waals surface area contributed by atoms with Crippen LogP contribution in [0.4, 0.5) is 10.6 Å². The van der Waals surface area contributed by atoms with Crippen LogP contribution in [0.5, 0.6) is 0 Å². The van der Waals surface area contributed by atoms with Crippen molar-refractivity contribution in [3.05, 3.63) is 23.9 Å². The van der Waals surface area contributed by atoms with Crippen molar-refractivity contribution in [1.82, 2.24) is 15.2 Å². The van der Waals surface area contributed by atoms with Crippen LogP contribution in [0.25, 0.3) is 0 Å². The highest BCUT2D eigenvalue weighted by molar-refractivity contribution is 5.74. The number of rotatable bonds is 4. The van der Waals surface area contributed by atoms with Gasteiger partial charge in [-0.1, -0.05) is 6.07 Å². The van der Waals surface area contributed by atoms with Crippen LogP contribution in [0, 0.1) is 0 Å². The van der Waals surface area contributed by atoms with Crippen LogP contribution in [-0.4, -0.2) is 48.1 Å². The van der Waals surface area contributed by atoms with Gasteiger partial charge in [0, 0.05) is 38.4 Å². The molecule has 21 heavy (non-hydrogen) atoms. The fraction of sp³-hybridized carbons (Fsp3) is 0.625. The molecule has 2 fully saturated rings. The second-order valence-electron chi connectivity index (χ2n) is 6.03. The lowest BCUT2D eigenvalue weighted by atomic mass is 10.2. The lowest BCUT2D eigenvalue weighted by Gasteiger charge is -2.31. The number of anilines is 1. The van der Waals surface area contributed by atoms with Crippen molar-refractivity contribution in [3.8, 4) is 0 Å². The zero-order valence-corrected chi connectivity index (χ0v) is 12.7. The topological polar surface area (TPSA) is 48.5 Å². The SMILES string of the molecule is CC1CCCN1C(=O)NCCc1ccc(N2CCC2)nc1. The summed E-state index contributed by atoms with van der Waals surface area (Å²) in [5.41, 5.74) is 1.18. The number of pyridine rings is 1. The molecule has 5 nitrogen and oxygen atoms in total. The summed E-state index contributed by atoms with van der Waals surface area (Å²) in [4.78, 5) is 20.7. The first kappa shape index (κ1) is 14.2. The van der Waals surface area contributed by atoms with E-state index in [9.17, 15) is 4.79 Å². The Kier molecular flexibility index (Phi) is 4.27. The second kappa shape index (κ2) is 6.33. The number of likely N-dealkylation sites (tertiary alicyclic amines) is 1. The summed E-state index contributed by atoms with van der Waals surface area (Å²) in [5.74, 6) is 1.07. The number of aromatic nitrogens is 1. The van der Waals surface area contributed by atoms with E-state index < -0.39 is 0 Å². The Balaban J connectivity index is 1.43. The standard InChI is InChI=1S/C16H24N4O/c1-13-4-2-11-20(13)16(21)17-8-7-14-5-6-15(18-12-14)19-9-3-10-19/h5-6,12-13H,2-4,7-11H2,1H3,(H,17,21). The number of carbonyl (C=O) groups excluding carboxylic acids is 1. The number of hydrogen-bond acceptors (Lipinski definition) is 3. The maximum Gasteiger partial charge on any atom is 0.317 e. The third-order valence-corrected chi connectivity index (χ3v) is 4.49. The molecule has 0 saturated carbocycles. The van der Waals surface area contributed by atoms with Gasteiger partial charge in [-0.2, -0.15) is 0 Å². The molecule has 2 aliphatic heterocycles. The van der Waals surface area contributed by atoms with Crippen LogP contribution < -0.4 is 10.2 Å². The zero-order chi connectivity index (χ0) is 14.7. The van der Waals surface area contributed by atoms with Crippen molar-refractivity contribution in [1.29, 1.82) is 0 Å². The van der Waals surface area contributed by atoms with Crippen LogP contribution in [0.2, 0.25) is 0 Å². The van der Waals surface area contributed by atoms with Gasteiger partial charge in [-0.3, -0.25) is 0 Å². The molecule has 0 aliphatic carbocycles. The molecular weight excluding hydrogens is 264 g/mol. The molecule has 0 radical (unpaired) electrons. The average Bonchev–Trinajstić information content (AvgIpc) is 2.85. The molecule has 0 bridgehead atoms. The Morgan fingerprint density at radius 3 is 2.76 bits per heavy atom. The molecule has 0 spiro atoms. The minimum absolute atomic E-state index is 0.0742. The third kappa shape index (κ3) is 3.28. The number of hydrogen-bond donors (Lipinski definition) is 1. The summed E-state index contributed by atoms with van der Waals surface area (Å²) >= 11 is 0. The Hall–Kier alpha value is -1.78. The maximum atomic E-state index is 12.0. The first-order valence-corrected chi connectivity index (χ1v) is 7.98. The normalized spacial score (nSPS) is 21.3.